The van der Waals surface area contributed by atoms with E-state index in [9.17, 15) is 8.42 Å². The Morgan fingerprint density at radius 1 is 0.955 bits per heavy atom. The van der Waals surface area contributed by atoms with Crippen molar-refractivity contribution >= 4 is 10.0 Å². The summed E-state index contributed by atoms with van der Waals surface area (Å²) in [7, 11) is 3.31. The number of likely N-dealkylation sites (N-methyl/N-ethyl adjacent to an activating group) is 2. The number of hydrogen-bond acceptors (Lipinski definition) is 4. The average molecular weight is 332 g/mol. The van der Waals surface area contributed by atoms with Crippen LogP contribution in [0.15, 0.2) is 0 Å². The Balaban J connectivity index is 1.78. The third kappa shape index (κ3) is 5.18. The summed E-state index contributed by atoms with van der Waals surface area (Å²) >= 11 is 0. The molecule has 2 rings (SSSR count). The van der Waals surface area contributed by atoms with E-state index in [-0.39, 0.29) is 0 Å². The summed E-state index contributed by atoms with van der Waals surface area (Å²) in [6, 6.07) is 0.526. The van der Waals surface area contributed by atoms with Gasteiger partial charge in [-0.1, -0.05) is 12.8 Å². The van der Waals surface area contributed by atoms with Gasteiger partial charge in [0.25, 0.3) is 0 Å². The second-order valence-corrected chi connectivity index (χ2v) is 9.36. The first kappa shape index (κ1) is 18.2. The van der Waals surface area contributed by atoms with Crippen LogP contribution in [0.3, 0.4) is 0 Å². The maximum Gasteiger partial charge on any atom is 0.214 e. The van der Waals surface area contributed by atoms with Crippen molar-refractivity contribution in [1.82, 2.24) is 14.1 Å². The highest BCUT2D eigenvalue weighted by molar-refractivity contribution is 7.89. The van der Waals surface area contributed by atoms with E-state index in [0.717, 1.165) is 38.8 Å². The van der Waals surface area contributed by atoms with Gasteiger partial charge in [-0.25, -0.2) is 12.7 Å². The van der Waals surface area contributed by atoms with Crippen LogP contribution < -0.4 is 0 Å². The van der Waals surface area contributed by atoms with E-state index < -0.39 is 10.0 Å². The normalized spacial score (nSPS) is 23.0. The van der Waals surface area contributed by atoms with E-state index in [4.69, 9.17) is 0 Å². The van der Waals surface area contributed by atoms with Gasteiger partial charge in [0, 0.05) is 32.2 Å². The molecule has 130 valence electrons. The molecular weight excluding hydrogens is 298 g/mol. The first-order valence-corrected chi connectivity index (χ1v) is 10.3. The Kier molecular flexibility index (Phi) is 6.68. The van der Waals surface area contributed by atoms with Crippen molar-refractivity contribution in [3.63, 3.8) is 0 Å². The lowest BCUT2D eigenvalue weighted by atomic mass is 10.1. The van der Waals surface area contributed by atoms with Gasteiger partial charge in [0.15, 0.2) is 0 Å². The standard InChI is InChI=1S/C16H33N3O2S/c1-17(2)12-13-18(3)16-8-10-19(11-9-16)22(20,21)14-15-6-4-5-7-15/h15-16H,4-14H2,1-3H3. The van der Waals surface area contributed by atoms with E-state index in [0.29, 0.717) is 30.8 Å². The van der Waals surface area contributed by atoms with Crippen LogP contribution in [0.1, 0.15) is 38.5 Å². The lowest BCUT2D eigenvalue weighted by Gasteiger charge is -2.36. The Bertz CT molecular complexity index is 425. The molecule has 0 spiro atoms. The molecule has 0 aromatic heterocycles. The highest BCUT2D eigenvalue weighted by atomic mass is 32.2. The highest BCUT2D eigenvalue weighted by Crippen LogP contribution is 2.28. The quantitative estimate of drug-likeness (QED) is 0.708. The van der Waals surface area contributed by atoms with Crippen LogP contribution in [0, 0.1) is 5.92 Å². The Morgan fingerprint density at radius 3 is 2.09 bits per heavy atom. The number of nitrogens with zero attached hydrogens (tertiary/aromatic N) is 3. The van der Waals surface area contributed by atoms with Crippen molar-refractivity contribution in [2.24, 2.45) is 5.92 Å². The summed E-state index contributed by atoms with van der Waals surface area (Å²) in [4.78, 5) is 4.58. The minimum Gasteiger partial charge on any atom is -0.308 e. The van der Waals surface area contributed by atoms with E-state index in [2.05, 4.69) is 30.9 Å². The van der Waals surface area contributed by atoms with E-state index >= 15 is 0 Å². The SMILES string of the molecule is CN(C)CCN(C)C1CCN(S(=O)(=O)CC2CCCC2)CC1. The fourth-order valence-electron chi connectivity index (χ4n) is 3.68. The summed E-state index contributed by atoms with van der Waals surface area (Å²) in [6.45, 7) is 3.50. The van der Waals surface area contributed by atoms with Crippen LogP contribution in [0.25, 0.3) is 0 Å². The molecule has 0 aromatic carbocycles. The minimum atomic E-state index is -3.04. The Morgan fingerprint density at radius 2 is 1.55 bits per heavy atom. The predicted octanol–water partition coefficient (Wildman–Crippen LogP) is 1.46. The predicted molar refractivity (Wildman–Crippen MR) is 91.5 cm³/mol. The molecule has 0 radical (unpaired) electrons. The number of piperidine rings is 1. The van der Waals surface area contributed by atoms with Gasteiger partial charge in [-0.3, -0.25) is 0 Å². The highest BCUT2D eigenvalue weighted by Gasteiger charge is 2.32. The molecule has 0 aromatic rings. The largest absolute Gasteiger partial charge is 0.308 e. The van der Waals surface area contributed by atoms with Crippen molar-refractivity contribution < 1.29 is 8.42 Å². The van der Waals surface area contributed by atoms with E-state index in [1.807, 2.05) is 0 Å². The number of rotatable bonds is 7. The third-order valence-corrected chi connectivity index (χ3v) is 7.31. The zero-order valence-electron chi connectivity index (χ0n) is 14.5. The van der Waals surface area contributed by atoms with Gasteiger partial charge >= 0.3 is 0 Å². The number of hydrogen-bond donors (Lipinski definition) is 0. The Hall–Kier alpha value is -0.170. The van der Waals surface area contributed by atoms with Gasteiger partial charge < -0.3 is 9.80 Å². The molecule has 2 fully saturated rings. The van der Waals surface area contributed by atoms with E-state index in [1.165, 1.54) is 12.8 Å². The van der Waals surface area contributed by atoms with Gasteiger partial charge in [-0.2, -0.15) is 0 Å². The first-order chi connectivity index (χ1) is 10.4. The molecular formula is C16H33N3O2S. The summed E-state index contributed by atoms with van der Waals surface area (Å²) in [6.07, 6.45) is 6.55. The zero-order valence-corrected chi connectivity index (χ0v) is 15.3. The van der Waals surface area contributed by atoms with Crippen LogP contribution in [0.4, 0.5) is 0 Å². The molecule has 0 amide bonds. The fourth-order valence-corrected chi connectivity index (χ4v) is 5.59. The monoisotopic (exact) mass is 331 g/mol. The molecule has 0 atom stereocenters. The lowest BCUT2D eigenvalue weighted by Crippen LogP contribution is -2.47. The summed E-state index contributed by atoms with van der Waals surface area (Å²) < 4.78 is 26.8. The zero-order chi connectivity index (χ0) is 16.2. The van der Waals surface area contributed by atoms with Crippen LogP contribution in [0.2, 0.25) is 0 Å². The van der Waals surface area contributed by atoms with Gasteiger partial charge in [-0.05, 0) is 52.7 Å². The smallest absolute Gasteiger partial charge is 0.214 e. The van der Waals surface area contributed by atoms with Crippen molar-refractivity contribution in [2.75, 3.05) is 53.1 Å². The molecule has 1 heterocycles. The molecule has 1 saturated carbocycles. The fraction of sp³-hybridized carbons (Fsp3) is 1.00. The van der Waals surface area contributed by atoms with Gasteiger partial charge in [0.05, 0.1) is 5.75 Å². The maximum atomic E-state index is 12.5. The summed E-state index contributed by atoms with van der Waals surface area (Å²) in [5, 5.41) is 0. The van der Waals surface area contributed by atoms with Crippen molar-refractivity contribution in [1.29, 1.82) is 0 Å². The molecule has 1 saturated heterocycles. The topological polar surface area (TPSA) is 43.9 Å². The molecule has 0 N–H and O–H groups in total. The van der Waals surface area contributed by atoms with Gasteiger partial charge in [-0.15, -0.1) is 0 Å². The molecule has 0 bridgehead atoms. The molecule has 2 aliphatic rings. The minimum absolute atomic E-state index is 0.383. The van der Waals surface area contributed by atoms with Crippen molar-refractivity contribution in [3.8, 4) is 0 Å². The van der Waals surface area contributed by atoms with E-state index in [1.54, 1.807) is 4.31 Å². The average Bonchev–Trinajstić information content (AvgIpc) is 2.97. The Labute approximate surface area is 136 Å². The van der Waals surface area contributed by atoms with Crippen molar-refractivity contribution in [2.45, 2.75) is 44.6 Å². The van der Waals surface area contributed by atoms with Gasteiger partial charge in [0.2, 0.25) is 10.0 Å². The van der Waals surface area contributed by atoms with Crippen LogP contribution in [0.5, 0.6) is 0 Å². The lowest BCUT2D eigenvalue weighted by molar-refractivity contribution is 0.157. The summed E-state index contributed by atoms with van der Waals surface area (Å²) in [5.74, 6) is 0.791. The van der Waals surface area contributed by atoms with Crippen LogP contribution in [-0.4, -0.2) is 81.6 Å². The van der Waals surface area contributed by atoms with Crippen LogP contribution in [-0.2, 0) is 10.0 Å². The number of sulfonamides is 1. The summed E-state index contributed by atoms with van der Waals surface area (Å²) in [5.41, 5.74) is 0. The molecule has 1 aliphatic carbocycles. The molecule has 6 heteroatoms. The van der Waals surface area contributed by atoms with Crippen molar-refractivity contribution in [3.05, 3.63) is 0 Å². The molecule has 0 unspecified atom stereocenters. The second kappa shape index (κ2) is 8.08. The molecule has 22 heavy (non-hydrogen) atoms. The van der Waals surface area contributed by atoms with Crippen LogP contribution >= 0.6 is 0 Å². The molecule has 1 aliphatic heterocycles. The third-order valence-electron chi connectivity index (χ3n) is 5.26. The second-order valence-electron chi connectivity index (χ2n) is 7.34. The maximum absolute atomic E-state index is 12.5. The molecule has 5 nitrogen and oxygen atoms in total. The van der Waals surface area contributed by atoms with Gasteiger partial charge in [0.1, 0.15) is 0 Å². The first-order valence-electron chi connectivity index (χ1n) is 8.71.